The molecule has 0 saturated heterocycles. The molecule has 0 aliphatic rings. The first-order chi connectivity index (χ1) is 7.31. The first-order valence-electron chi connectivity index (χ1n) is 4.27. The van der Waals surface area contributed by atoms with Crippen molar-refractivity contribution in [1.82, 2.24) is 9.97 Å². The highest BCUT2D eigenvalue weighted by atomic mass is 35.5. The van der Waals surface area contributed by atoms with E-state index in [2.05, 4.69) is 9.97 Å². The minimum Gasteiger partial charge on any atom is -0.264 e. The summed E-state index contributed by atoms with van der Waals surface area (Å²) >= 11 is 5.90. The molecule has 2 heterocycles. The van der Waals surface area contributed by atoms with Gasteiger partial charge in [0.25, 0.3) is 0 Å². The lowest BCUT2D eigenvalue weighted by Gasteiger charge is -2.00. The number of nitriles is 1. The van der Waals surface area contributed by atoms with Crippen LogP contribution in [0, 0.1) is 11.3 Å². The Labute approximate surface area is 92.0 Å². The average Bonchev–Trinajstić information content (AvgIpc) is 2.30. The van der Waals surface area contributed by atoms with E-state index in [4.69, 9.17) is 16.9 Å². The highest BCUT2D eigenvalue weighted by molar-refractivity contribution is 6.31. The number of aromatic nitrogens is 2. The molecule has 3 nitrogen and oxygen atoms in total. The monoisotopic (exact) mass is 215 g/mol. The van der Waals surface area contributed by atoms with E-state index in [1.807, 2.05) is 18.2 Å². The quantitative estimate of drug-likeness (QED) is 0.735. The Morgan fingerprint density at radius 2 is 2.20 bits per heavy atom. The van der Waals surface area contributed by atoms with Gasteiger partial charge in [0, 0.05) is 24.2 Å². The maximum Gasteiger partial charge on any atom is 0.102 e. The van der Waals surface area contributed by atoms with E-state index in [-0.39, 0.29) is 0 Å². The number of nitrogens with zero attached hydrogens (tertiary/aromatic N) is 3. The largest absolute Gasteiger partial charge is 0.264 e. The lowest BCUT2D eigenvalue weighted by atomic mass is 10.2. The minimum absolute atomic E-state index is 0.379. The Kier molecular flexibility index (Phi) is 2.61. The summed E-state index contributed by atoms with van der Waals surface area (Å²) in [6.45, 7) is 0. The Balaban J connectivity index is 2.49. The van der Waals surface area contributed by atoms with E-state index in [0.717, 1.165) is 5.56 Å². The topological polar surface area (TPSA) is 49.6 Å². The molecule has 72 valence electrons. The van der Waals surface area contributed by atoms with Gasteiger partial charge < -0.3 is 0 Å². The lowest BCUT2D eigenvalue weighted by Crippen LogP contribution is -1.86. The Morgan fingerprint density at radius 1 is 1.33 bits per heavy atom. The van der Waals surface area contributed by atoms with Crippen molar-refractivity contribution < 1.29 is 0 Å². The van der Waals surface area contributed by atoms with Gasteiger partial charge in [-0.3, -0.25) is 9.97 Å². The molecule has 4 heteroatoms. The predicted molar refractivity (Wildman–Crippen MR) is 57.2 cm³/mol. The summed E-state index contributed by atoms with van der Waals surface area (Å²) in [5.74, 6) is 0. The smallest absolute Gasteiger partial charge is 0.102 e. The highest BCUT2D eigenvalue weighted by Gasteiger charge is 2.04. The lowest BCUT2D eigenvalue weighted by molar-refractivity contribution is 1.27. The van der Waals surface area contributed by atoms with Gasteiger partial charge in [0.15, 0.2) is 0 Å². The van der Waals surface area contributed by atoms with E-state index in [0.29, 0.717) is 16.3 Å². The van der Waals surface area contributed by atoms with Crippen LogP contribution < -0.4 is 0 Å². The summed E-state index contributed by atoms with van der Waals surface area (Å²) in [4.78, 5) is 8.12. The summed E-state index contributed by atoms with van der Waals surface area (Å²) in [6.07, 6.45) is 4.85. The van der Waals surface area contributed by atoms with Crippen LogP contribution in [0.1, 0.15) is 5.56 Å². The molecule has 0 unspecified atom stereocenters. The average molecular weight is 216 g/mol. The maximum atomic E-state index is 8.69. The van der Waals surface area contributed by atoms with E-state index in [1.165, 1.54) is 6.20 Å². The standard InChI is InChI=1S/C11H6ClN3/c12-10-4-11(15-7-9(10)5-13)8-2-1-3-14-6-8/h1-4,6-7H. The summed E-state index contributed by atoms with van der Waals surface area (Å²) < 4.78 is 0. The van der Waals surface area contributed by atoms with Crippen molar-refractivity contribution in [2.75, 3.05) is 0 Å². The second-order valence-corrected chi connectivity index (χ2v) is 3.31. The van der Waals surface area contributed by atoms with Crippen LogP contribution in [0.5, 0.6) is 0 Å². The molecule has 0 atom stereocenters. The van der Waals surface area contributed by atoms with Crippen LogP contribution in [0.2, 0.25) is 5.02 Å². The minimum atomic E-state index is 0.379. The van der Waals surface area contributed by atoms with Crippen LogP contribution in [0.4, 0.5) is 0 Å². The van der Waals surface area contributed by atoms with Gasteiger partial charge in [0.2, 0.25) is 0 Å². The van der Waals surface area contributed by atoms with Gasteiger partial charge >= 0.3 is 0 Å². The van der Waals surface area contributed by atoms with Crippen molar-refractivity contribution in [3.05, 3.63) is 47.4 Å². The zero-order valence-electron chi connectivity index (χ0n) is 7.68. The first kappa shape index (κ1) is 9.63. The summed E-state index contributed by atoms with van der Waals surface area (Å²) in [5, 5.41) is 9.10. The maximum absolute atomic E-state index is 8.69. The molecule has 0 amide bonds. The highest BCUT2D eigenvalue weighted by Crippen LogP contribution is 2.21. The van der Waals surface area contributed by atoms with Crippen LogP contribution in [0.15, 0.2) is 36.8 Å². The summed E-state index contributed by atoms with van der Waals surface area (Å²) in [7, 11) is 0. The van der Waals surface area contributed by atoms with Crippen molar-refractivity contribution in [3.63, 3.8) is 0 Å². The third-order valence-corrected chi connectivity index (χ3v) is 2.24. The molecule has 0 fully saturated rings. The number of pyridine rings is 2. The van der Waals surface area contributed by atoms with Crippen LogP contribution in [-0.4, -0.2) is 9.97 Å². The molecule has 0 spiro atoms. The molecule has 15 heavy (non-hydrogen) atoms. The molecule has 0 saturated carbocycles. The van der Waals surface area contributed by atoms with Gasteiger partial charge in [-0.25, -0.2) is 0 Å². The number of hydrogen-bond donors (Lipinski definition) is 0. The second kappa shape index (κ2) is 4.07. The predicted octanol–water partition coefficient (Wildman–Crippen LogP) is 2.67. The molecular formula is C11H6ClN3. The summed E-state index contributed by atoms with van der Waals surface area (Å²) in [6, 6.07) is 7.34. The molecular weight excluding hydrogens is 210 g/mol. The Hall–Kier alpha value is -1.92. The fourth-order valence-electron chi connectivity index (χ4n) is 1.19. The summed E-state index contributed by atoms with van der Waals surface area (Å²) in [5.41, 5.74) is 1.97. The van der Waals surface area contributed by atoms with E-state index in [9.17, 15) is 0 Å². The van der Waals surface area contributed by atoms with Crippen LogP contribution in [0.3, 0.4) is 0 Å². The first-order valence-corrected chi connectivity index (χ1v) is 4.65. The van der Waals surface area contributed by atoms with Gasteiger partial charge in [-0.05, 0) is 18.2 Å². The van der Waals surface area contributed by atoms with Gasteiger partial charge in [-0.15, -0.1) is 0 Å². The molecule has 2 rings (SSSR count). The van der Waals surface area contributed by atoms with Gasteiger partial charge in [0.05, 0.1) is 16.3 Å². The zero-order valence-corrected chi connectivity index (χ0v) is 8.44. The fraction of sp³-hybridized carbons (Fsp3) is 0. The zero-order chi connectivity index (χ0) is 10.7. The molecule has 0 aliphatic heterocycles. The van der Waals surface area contributed by atoms with Gasteiger partial charge in [0.1, 0.15) is 6.07 Å². The third kappa shape index (κ3) is 1.95. The van der Waals surface area contributed by atoms with Crippen LogP contribution in [0.25, 0.3) is 11.3 Å². The van der Waals surface area contributed by atoms with Crippen LogP contribution in [-0.2, 0) is 0 Å². The normalized spacial score (nSPS) is 9.60. The van der Waals surface area contributed by atoms with Crippen molar-refractivity contribution in [1.29, 1.82) is 5.26 Å². The van der Waals surface area contributed by atoms with Crippen molar-refractivity contribution in [2.24, 2.45) is 0 Å². The molecule has 0 aliphatic carbocycles. The fourth-order valence-corrected chi connectivity index (χ4v) is 1.38. The van der Waals surface area contributed by atoms with E-state index in [1.54, 1.807) is 18.5 Å². The molecule has 2 aromatic heterocycles. The SMILES string of the molecule is N#Cc1cnc(-c2cccnc2)cc1Cl. The Bertz CT molecular complexity index is 517. The van der Waals surface area contributed by atoms with E-state index >= 15 is 0 Å². The molecule has 0 radical (unpaired) electrons. The van der Waals surface area contributed by atoms with Crippen LogP contribution >= 0.6 is 11.6 Å². The number of halogens is 1. The van der Waals surface area contributed by atoms with Crippen molar-refractivity contribution >= 4 is 11.6 Å². The number of hydrogen-bond acceptors (Lipinski definition) is 3. The molecule has 2 aromatic rings. The Morgan fingerprint density at radius 3 is 2.80 bits per heavy atom. The van der Waals surface area contributed by atoms with Crippen molar-refractivity contribution in [2.45, 2.75) is 0 Å². The third-order valence-electron chi connectivity index (χ3n) is 1.93. The molecule has 0 bridgehead atoms. The van der Waals surface area contributed by atoms with Crippen molar-refractivity contribution in [3.8, 4) is 17.3 Å². The second-order valence-electron chi connectivity index (χ2n) is 2.90. The molecule has 0 aromatic carbocycles. The molecule has 0 N–H and O–H groups in total. The number of rotatable bonds is 1. The van der Waals surface area contributed by atoms with Gasteiger partial charge in [-0.1, -0.05) is 11.6 Å². The van der Waals surface area contributed by atoms with Gasteiger partial charge in [-0.2, -0.15) is 5.26 Å². The van der Waals surface area contributed by atoms with E-state index < -0.39 is 0 Å².